The van der Waals surface area contributed by atoms with Crippen molar-refractivity contribution in [3.05, 3.63) is 64.5 Å². The summed E-state index contributed by atoms with van der Waals surface area (Å²) in [6.45, 7) is 1.31. The molecule has 142 valence electrons. The second kappa shape index (κ2) is 10.1. The Morgan fingerprint density at radius 3 is 2.89 bits per heavy atom. The molecular formula is C21H25ClN4O. The van der Waals surface area contributed by atoms with Crippen LogP contribution in [0.3, 0.4) is 0 Å². The average molecular weight is 385 g/mol. The Morgan fingerprint density at radius 1 is 1.15 bits per heavy atom. The fraction of sp³-hybridized carbons (Fsp3) is 0.381. The third kappa shape index (κ3) is 6.36. The summed E-state index contributed by atoms with van der Waals surface area (Å²) in [5.41, 5.74) is 2.96. The van der Waals surface area contributed by atoms with E-state index in [0.29, 0.717) is 23.2 Å². The first-order valence-electron chi connectivity index (χ1n) is 9.48. The molecule has 0 spiro atoms. The maximum Gasteiger partial charge on any atom is 0.270 e. The second-order valence-electron chi connectivity index (χ2n) is 6.69. The minimum absolute atomic E-state index is 0.197. The van der Waals surface area contributed by atoms with Gasteiger partial charge in [0.15, 0.2) is 0 Å². The molecule has 2 N–H and O–H groups in total. The Hall–Kier alpha value is -2.40. The smallest absolute Gasteiger partial charge is 0.270 e. The maximum absolute atomic E-state index is 12.3. The number of hydrogen-bond donors (Lipinski definition) is 2. The lowest BCUT2D eigenvalue weighted by Gasteiger charge is -2.13. The van der Waals surface area contributed by atoms with Crippen LogP contribution in [0.4, 0.5) is 5.95 Å². The minimum Gasteiger partial charge on any atom is -0.354 e. The van der Waals surface area contributed by atoms with E-state index in [1.54, 1.807) is 12.3 Å². The SMILES string of the molecule is O=C(NCCc1cccc(Cl)c1)c1ccnc(NCCC2=CCCCC2)n1. The highest BCUT2D eigenvalue weighted by molar-refractivity contribution is 6.30. The Kier molecular flexibility index (Phi) is 7.22. The molecule has 0 saturated heterocycles. The van der Waals surface area contributed by atoms with Gasteiger partial charge < -0.3 is 10.6 Å². The van der Waals surface area contributed by atoms with Crippen LogP contribution in [0.1, 0.15) is 48.2 Å². The van der Waals surface area contributed by atoms with E-state index in [0.717, 1.165) is 24.9 Å². The van der Waals surface area contributed by atoms with Crippen LogP contribution in [-0.4, -0.2) is 29.0 Å². The number of nitrogens with one attached hydrogen (secondary N) is 2. The summed E-state index contributed by atoms with van der Waals surface area (Å²) in [4.78, 5) is 20.8. The highest BCUT2D eigenvalue weighted by Crippen LogP contribution is 2.19. The molecule has 1 aliphatic rings. The standard InChI is InChI=1S/C21H25ClN4O/c22-18-8-4-7-17(15-18)10-12-23-20(27)19-11-14-25-21(26-19)24-13-9-16-5-2-1-3-6-16/h4-5,7-8,11,14-15H,1-3,6,9-10,12-13H2,(H,23,27)(H,24,25,26). The van der Waals surface area contributed by atoms with Gasteiger partial charge in [0.1, 0.15) is 5.69 Å². The molecule has 1 aromatic heterocycles. The number of benzene rings is 1. The molecule has 0 unspecified atom stereocenters. The number of amides is 1. The van der Waals surface area contributed by atoms with Crippen LogP contribution in [0.25, 0.3) is 0 Å². The Labute approximate surface area is 165 Å². The zero-order chi connectivity index (χ0) is 18.9. The summed E-state index contributed by atoms with van der Waals surface area (Å²) in [6, 6.07) is 9.27. The van der Waals surface area contributed by atoms with Crippen molar-refractivity contribution in [2.45, 2.75) is 38.5 Å². The van der Waals surface area contributed by atoms with Gasteiger partial charge in [0, 0.05) is 24.3 Å². The molecule has 0 atom stereocenters. The van der Waals surface area contributed by atoms with Gasteiger partial charge in [-0.1, -0.05) is 35.4 Å². The summed E-state index contributed by atoms with van der Waals surface area (Å²) in [6.07, 6.45) is 10.6. The number of allylic oxidation sites excluding steroid dienone is 1. The number of halogens is 1. The van der Waals surface area contributed by atoms with E-state index < -0.39 is 0 Å². The first-order valence-corrected chi connectivity index (χ1v) is 9.86. The summed E-state index contributed by atoms with van der Waals surface area (Å²) < 4.78 is 0. The molecule has 1 amide bonds. The van der Waals surface area contributed by atoms with Crippen LogP contribution in [0.15, 0.2) is 48.2 Å². The van der Waals surface area contributed by atoms with Crippen molar-refractivity contribution in [1.29, 1.82) is 0 Å². The normalized spacial score (nSPS) is 13.7. The van der Waals surface area contributed by atoms with Gasteiger partial charge in [-0.2, -0.15) is 0 Å². The lowest BCUT2D eigenvalue weighted by molar-refractivity contribution is 0.0949. The van der Waals surface area contributed by atoms with Gasteiger partial charge in [-0.15, -0.1) is 0 Å². The van der Waals surface area contributed by atoms with Crippen molar-refractivity contribution >= 4 is 23.5 Å². The van der Waals surface area contributed by atoms with Crippen molar-refractivity contribution in [1.82, 2.24) is 15.3 Å². The van der Waals surface area contributed by atoms with E-state index in [1.807, 2.05) is 24.3 Å². The molecule has 2 aromatic rings. The number of carbonyl (C=O) groups excluding carboxylic acids is 1. The van der Waals surface area contributed by atoms with Gasteiger partial charge in [-0.05, 0) is 62.3 Å². The Bertz CT molecular complexity index is 806. The van der Waals surface area contributed by atoms with Crippen LogP contribution < -0.4 is 10.6 Å². The molecule has 1 aliphatic carbocycles. The molecule has 1 heterocycles. The van der Waals surface area contributed by atoms with Crippen molar-refractivity contribution in [2.75, 3.05) is 18.4 Å². The van der Waals surface area contributed by atoms with Gasteiger partial charge in [0.25, 0.3) is 5.91 Å². The highest BCUT2D eigenvalue weighted by Gasteiger charge is 2.09. The van der Waals surface area contributed by atoms with Gasteiger partial charge >= 0.3 is 0 Å². The zero-order valence-corrected chi connectivity index (χ0v) is 16.1. The summed E-state index contributed by atoms with van der Waals surface area (Å²) in [5.74, 6) is 0.298. The topological polar surface area (TPSA) is 66.9 Å². The van der Waals surface area contributed by atoms with E-state index >= 15 is 0 Å². The largest absolute Gasteiger partial charge is 0.354 e. The summed E-state index contributed by atoms with van der Waals surface area (Å²) in [5, 5.41) is 6.81. The van der Waals surface area contributed by atoms with E-state index in [9.17, 15) is 4.79 Å². The molecule has 6 heteroatoms. The lowest BCUT2D eigenvalue weighted by atomic mass is 9.97. The average Bonchev–Trinajstić information content (AvgIpc) is 2.69. The summed E-state index contributed by atoms with van der Waals surface area (Å²) >= 11 is 5.98. The lowest BCUT2D eigenvalue weighted by Crippen LogP contribution is -2.27. The molecule has 27 heavy (non-hydrogen) atoms. The van der Waals surface area contributed by atoms with E-state index in [1.165, 1.54) is 31.3 Å². The molecular weight excluding hydrogens is 360 g/mol. The summed E-state index contributed by atoms with van der Waals surface area (Å²) in [7, 11) is 0. The molecule has 0 fully saturated rings. The van der Waals surface area contributed by atoms with Gasteiger partial charge in [0.2, 0.25) is 5.95 Å². The molecule has 0 saturated carbocycles. The van der Waals surface area contributed by atoms with Crippen LogP contribution >= 0.6 is 11.6 Å². The van der Waals surface area contributed by atoms with Crippen molar-refractivity contribution in [3.8, 4) is 0 Å². The van der Waals surface area contributed by atoms with E-state index in [2.05, 4.69) is 26.7 Å². The van der Waals surface area contributed by atoms with Crippen molar-refractivity contribution in [3.63, 3.8) is 0 Å². The van der Waals surface area contributed by atoms with Gasteiger partial charge in [-0.3, -0.25) is 4.79 Å². The molecule has 0 radical (unpaired) electrons. The zero-order valence-electron chi connectivity index (χ0n) is 15.4. The Morgan fingerprint density at radius 2 is 2.07 bits per heavy atom. The van der Waals surface area contributed by atoms with E-state index in [4.69, 9.17) is 11.6 Å². The molecule has 3 rings (SSSR count). The third-order valence-electron chi connectivity index (χ3n) is 4.59. The minimum atomic E-state index is -0.197. The van der Waals surface area contributed by atoms with Crippen LogP contribution in [-0.2, 0) is 6.42 Å². The third-order valence-corrected chi connectivity index (χ3v) is 4.83. The van der Waals surface area contributed by atoms with Crippen molar-refractivity contribution < 1.29 is 4.79 Å². The molecule has 0 aliphatic heterocycles. The Balaban J connectivity index is 1.45. The second-order valence-corrected chi connectivity index (χ2v) is 7.12. The number of carbonyl (C=O) groups is 1. The molecule has 0 bridgehead atoms. The molecule has 5 nitrogen and oxygen atoms in total. The molecule has 1 aromatic carbocycles. The fourth-order valence-electron chi connectivity index (χ4n) is 3.14. The fourth-order valence-corrected chi connectivity index (χ4v) is 3.35. The van der Waals surface area contributed by atoms with Crippen LogP contribution in [0.2, 0.25) is 5.02 Å². The predicted molar refractivity (Wildman–Crippen MR) is 109 cm³/mol. The highest BCUT2D eigenvalue weighted by atomic mass is 35.5. The number of aromatic nitrogens is 2. The number of hydrogen-bond acceptors (Lipinski definition) is 4. The number of rotatable bonds is 8. The van der Waals surface area contributed by atoms with Gasteiger partial charge in [-0.25, -0.2) is 9.97 Å². The number of anilines is 1. The quantitative estimate of drug-likeness (QED) is 0.662. The monoisotopic (exact) mass is 384 g/mol. The van der Waals surface area contributed by atoms with Crippen LogP contribution in [0.5, 0.6) is 0 Å². The first-order chi connectivity index (χ1) is 13.2. The van der Waals surface area contributed by atoms with E-state index in [-0.39, 0.29) is 5.91 Å². The maximum atomic E-state index is 12.3. The predicted octanol–water partition coefficient (Wildman–Crippen LogP) is 4.40. The van der Waals surface area contributed by atoms with Crippen molar-refractivity contribution in [2.24, 2.45) is 0 Å². The van der Waals surface area contributed by atoms with Crippen LogP contribution in [0, 0.1) is 0 Å². The van der Waals surface area contributed by atoms with Gasteiger partial charge in [0.05, 0.1) is 0 Å². The first kappa shape index (κ1) is 19.4. The number of nitrogens with zero attached hydrogens (tertiary/aromatic N) is 2.